The minimum absolute atomic E-state index is 0.178. The zero-order chi connectivity index (χ0) is 15.5. The molecule has 0 radical (unpaired) electrons. The predicted octanol–water partition coefficient (Wildman–Crippen LogP) is 2.21. The Morgan fingerprint density at radius 1 is 1.00 bits per heavy atom. The minimum Gasteiger partial charge on any atom is -0.399 e. The van der Waals surface area contributed by atoms with Crippen molar-refractivity contribution in [3.63, 3.8) is 0 Å². The Labute approximate surface area is 122 Å². The zero-order valence-corrected chi connectivity index (χ0v) is 11.9. The first kappa shape index (κ1) is 15.2. The normalized spacial score (nSPS) is 11.3. The largest absolute Gasteiger partial charge is 0.399 e. The summed E-state index contributed by atoms with van der Waals surface area (Å²) in [6, 6.07) is 11.2. The molecule has 0 aromatic heterocycles. The van der Waals surface area contributed by atoms with E-state index in [-0.39, 0.29) is 11.3 Å². The van der Waals surface area contributed by atoms with Crippen molar-refractivity contribution in [3.05, 3.63) is 65.5 Å². The maximum Gasteiger partial charge on any atom is 0.177 e. The first-order valence-electron chi connectivity index (χ1n) is 6.19. The Kier molecular flexibility index (Phi) is 4.37. The van der Waals surface area contributed by atoms with Gasteiger partial charge in [-0.3, -0.25) is 4.79 Å². The molecule has 2 N–H and O–H groups in total. The third kappa shape index (κ3) is 4.39. The van der Waals surface area contributed by atoms with E-state index in [1.807, 2.05) is 0 Å². The molecule has 0 saturated carbocycles. The van der Waals surface area contributed by atoms with Crippen LogP contribution in [0.15, 0.2) is 48.5 Å². The van der Waals surface area contributed by atoms with Crippen LogP contribution in [0.25, 0.3) is 0 Å². The van der Waals surface area contributed by atoms with Gasteiger partial charge in [0.1, 0.15) is 11.6 Å². The molecule has 0 bridgehead atoms. The van der Waals surface area contributed by atoms with Crippen molar-refractivity contribution in [1.82, 2.24) is 0 Å². The molecule has 2 aromatic rings. The van der Waals surface area contributed by atoms with Crippen LogP contribution in [0, 0.1) is 5.82 Å². The van der Waals surface area contributed by atoms with E-state index in [1.54, 1.807) is 24.3 Å². The maximum atomic E-state index is 12.8. The van der Waals surface area contributed by atoms with Crippen LogP contribution >= 0.6 is 0 Å². The molecule has 4 nitrogen and oxygen atoms in total. The summed E-state index contributed by atoms with van der Waals surface area (Å²) in [5.74, 6) is -1.87. The Morgan fingerprint density at radius 3 is 2.14 bits per heavy atom. The molecule has 21 heavy (non-hydrogen) atoms. The number of ketones is 1. The van der Waals surface area contributed by atoms with Crippen molar-refractivity contribution in [3.8, 4) is 0 Å². The number of benzene rings is 2. The number of anilines is 1. The summed E-state index contributed by atoms with van der Waals surface area (Å²) >= 11 is 0. The summed E-state index contributed by atoms with van der Waals surface area (Å²) in [6.07, 6.45) is 0. The number of nitrogens with two attached hydrogens (primary N) is 1. The third-order valence-corrected chi connectivity index (χ3v) is 4.36. The van der Waals surface area contributed by atoms with Crippen LogP contribution in [0.5, 0.6) is 0 Å². The Morgan fingerprint density at radius 2 is 1.57 bits per heavy atom. The number of nitrogen functional groups attached to an aromatic ring is 1. The maximum absolute atomic E-state index is 12.8. The number of carbonyl (C=O) groups excluding carboxylic acids is 1. The molecular weight excluding hydrogens is 293 g/mol. The lowest BCUT2D eigenvalue weighted by Gasteiger charge is -2.05. The van der Waals surface area contributed by atoms with Gasteiger partial charge in [-0.2, -0.15) is 0 Å². The average molecular weight is 307 g/mol. The van der Waals surface area contributed by atoms with E-state index in [0.29, 0.717) is 11.3 Å². The molecule has 0 fully saturated rings. The molecule has 0 atom stereocenters. The molecule has 0 aliphatic carbocycles. The van der Waals surface area contributed by atoms with E-state index in [4.69, 9.17) is 5.73 Å². The highest BCUT2D eigenvalue weighted by atomic mass is 32.2. The standard InChI is InChI=1S/C15H14FNO3S/c16-13-5-3-12(4-6-13)15(18)10-21(19,20)9-11-1-7-14(17)8-2-11/h1-8H,9-10,17H2. The molecule has 0 amide bonds. The summed E-state index contributed by atoms with van der Waals surface area (Å²) in [4.78, 5) is 11.9. The number of hydrogen-bond acceptors (Lipinski definition) is 4. The monoisotopic (exact) mass is 307 g/mol. The van der Waals surface area contributed by atoms with Crippen LogP contribution in [0.3, 0.4) is 0 Å². The topological polar surface area (TPSA) is 77.2 Å². The van der Waals surface area contributed by atoms with Crippen LogP contribution in [0.4, 0.5) is 10.1 Å². The van der Waals surface area contributed by atoms with Crippen LogP contribution in [0.1, 0.15) is 15.9 Å². The van der Waals surface area contributed by atoms with Gasteiger partial charge in [0, 0.05) is 11.3 Å². The highest BCUT2D eigenvalue weighted by molar-refractivity contribution is 7.91. The molecule has 0 aliphatic rings. The smallest absolute Gasteiger partial charge is 0.177 e. The van der Waals surface area contributed by atoms with E-state index in [2.05, 4.69) is 0 Å². The number of hydrogen-bond donors (Lipinski definition) is 1. The van der Waals surface area contributed by atoms with Crippen LogP contribution < -0.4 is 5.73 Å². The molecule has 2 aromatic carbocycles. The van der Waals surface area contributed by atoms with Gasteiger partial charge in [0.25, 0.3) is 0 Å². The van der Waals surface area contributed by atoms with Gasteiger partial charge in [0.15, 0.2) is 15.6 Å². The molecule has 0 saturated heterocycles. The SMILES string of the molecule is Nc1ccc(CS(=O)(=O)CC(=O)c2ccc(F)cc2)cc1. The summed E-state index contributed by atoms with van der Waals surface area (Å²) < 4.78 is 36.8. The fourth-order valence-corrected chi connectivity index (χ4v) is 3.21. The van der Waals surface area contributed by atoms with Gasteiger partial charge in [-0.05, 0) is 42.0 Å². The van der Waals surface area contributed by atoms with E-state index in [0.717, 1.165) is 12.1 Å². The van der Waals surface area contributed by atoms with E-state index in [1.165, 1.54) is 12.1 Å². The number of rotatable bonds is 5. The van der Waals surface area contributed by atoms with Gasteiger partial charge in [-0.25, -0.2) is 12.8 Å². The van der Waals surface area contributed by atoms with Crippen molar-refractivity contribution in [2.45, 2.75) is 5.75 Å². The quantitative estimate of drug-likeness (QED) is 0.678. The number of sulfone groups is 1. The van der Waals surface area contributed by atoms with E-state index >= 15 is 0 Å². The fourth-order valence-electron chi connectivity index (χ4n) is 1.84. The number of carbonyl (C=O) groups is 1. The lowest BCUT2D eigenvalue weighted by Crippen LogP contribution is -2.18. The second-order valence-electron chi connectivity index (χ2n) is 4.70. The minimum atomic E-state index is -3.59. The lowest BCUT2D eigenvalue weighted by molar-refractivity contribution is 0.102. The second kappa shape index (κ2) is 6.05. The lowest BCUT2D eigenvalue weighted by atomic mass is 10.1. The highest BCUT2D eigenvalue weighted by Gasteiger charge is 2.18. The summed E-state index contributed by atoms with van der Waals surface area (Å²) in [6.45, 7) is 0. The molecule has 0 spiro atoms. The molecule has 110 valence electrons. The predicted molar refractivity (Wildman–Crippen MR) is 79.1 cm³/mol. The van der Waals surface area contributed by atoms with Crippen molar-refractivity contribution in [1.29, 1.82) is 0 Å². The van der Waals surface area contributed by atoms with Gasteiger partial charge < -0.3 is 5.73 Å². The van der Waals surface area contributed by atoms with Gasteiger partial charge in [0.2, 0.25) is 0 Å². The van der Waals surface area contributed by atoms with Crippen LogP contribution in [-0.2, 0) is 15.6 Å². The summed E-state index contributed by atoms with van der Waals surface area (Å²) in [5, 5.41) is 0. The Bertz CT molecular complexity index is 737. The van der Waals surface area contributed by atoms with Crippen molar-refractivity contribution in [2.75, 3.05) is 11.5 Å². The van der Waals surface area contributed by atoms with Crippen molar-refractivity contribution in [2.24, 2.45) is 0 Å². The summed E-state index contributed by atoms with van der Waals surface area (Å²) in [5.41, 5.74) is 6.81. The van der Waals surface area contributed by atoms with E-state index in [9.17, 15) is 17.6 Å². The molecule has 0 unspecified atom stereocenters. The number of Topliss-reactive ketones (excluding diaryl/α,β-unsaturated/α-hetero) is 1. The fraction of sp³-hybridized carbons (Fsp3) is 0.133. The Balaban J connectivity index is 2.08. The highest BCUT2D eigenvalue weighted by Crippen LogP contribution is 2.12. The molecule has 0 heterocycles. The molecule has 2 rings (SSSR count). The molecule has 0 aliphatic heterocycles. The first-order chi connectivity index (χ1) is 9.85. The molecule has 6 heteroatoms. The summed E-state index contributed by atoms with van der Waals surface area (Å²) in [7, 11) is -3.59. The van der Waals surface area contributed by atoms with Crippen LogP contribution in [0.2, 0.25) is 0 Å². The van der Waals surface area contributed by atoms with Crippen LogP contribution in [-0.4, -0.2) is 20.0 Å². The van der Waals surface area contributed by atoms with E-state index < -0.39 is 27.2 Å². The second-order valence-corrected chi connectivity index (χ2v) is 6.77. The van der Waals surface area contributed by atoms with Gasteiger partial charge >= 0.3 is 0 Å². The van der Waals surface area contributed by atoms with Gasteiger partial charge in [-0.15, -0.1) is 0 Å². The van der Waals surface area contributed by atoms with Gasteiger partial charge in [-0.1, -0.05) is 12.1 Å². The van der Waals surface area contributed by atoms with Crippen molar-refractivity contribution >= 4 is 21.3 Å². The number of halogens is 1. The zero-order valence-electron chi connectivity index (χ0n) is 11.1. The van der Waals surface area contributed by atoms with Gasteiger partial charge in [0.05, 0.1) is 5.75 Å². The average Bonchev–Trinajstić information content (AvgIpc) is 2.41. The van der Waals surface area contributed by atoms with Crippen molar-refractivity contribution < 1.29 is 17.6 Å². The Hall–Kier alpha value is -2.21. The third-order valence-electron chi connectivity index (χ3n) is 2.88. The first-order valence-corrected chi connectivity index (χ1v) is 8.01. The molecular formula is C15H14FNO3S.